The van der Waals surface area contributed by atoms with Crippen molar-refractivity contribution in [3.63, 3.8) is 0 Å². The first-order chi connectivity index (χ1) is 7.97. The zero-order valence-corrected chi connectivity index (χ0v) is 9.75. The summed E-state index contributed by atoms with van der Waals surface area (Å²) in [6, 6.07) is 3.47. The Morgan fingerprint density at radius 2 is 2.12 bits per heavy atom. The molecule has 0 aromatic heterocycles. The first-order valence-electron chi connectivity index (χ1n) is 4.89. The molecule has 17 heavy (non-hydrogen) atoms. The van der Waals surface area contributed by atoms with E-state index in [0.717, 1.165) is 12.1 Å². The van der Waals surface area contributed by atoms with Crippen molar-refractivity contribution in [1.82, 2.24) is 0 Å². The highest BCUT2D eigenvalue weighted by atomic mass is 35.5. The third-order valence-corrected chi connectivity index (χ3v) is 2.32. The summed E-state index contributed by atoms with van der Waals surface area (Å²) in [5, 5.41) is 9.77. The molecule has 1 aromatic carbocycles. The third-order valence-electron chi connectivity index (χ3n) is 2.09. The van der Waals surface area contributed by atoms with E-state index in [9.17, 15) is 18.7 Å². The van der Waals surface area contributed by atoms with Gasteiger partial charge in [-0.25, -0.2) is 13.6 Å². The van der Waals surface area contributed by atoms with E-state index in [1.807, 2.05) is 0 Å². The van der Waals surface area contributed by atoms with E-state index >= 15 is 0 Å². The largest absolute Gasteiger partial charge is 0.464 e. The number of aliphatic hydroxyl groups excluding tert-OH is 1. The summed E-state index contributed by atoms with van der Waals surface area (Å²) < 4.78 is 29.9. The smallest absolute Gasteiger partial charge is 0.339 e. The molecule has 0 fully saturated rings. The van der Waals surface area contributed by atoms with Crippen LogP contribution in [0.4, 0.5) is 8.78 Å². The number of aliphatic hydroxyl groups is 1. The molecule has 0 heterocycles. The highest BCUT2D eigenvalue weighted by Gasteiger charge is 2.25. The van der Waals surface area contributed by atoms with Crippen molar-refractivity contribution in [1.29, 1.82) is 0 Å². The van der Waals surface area contributed by atoms with Crippen LogP contribution in [0.3, 0.4) is 0 Å². The molecule has 1 aromatic rings. The summed E-state index contributed by atoms with van der Waals surface area (Å²) in [6.07, 6.45) is -4.55. The van der Waals surface area contributed by atoms with Crippen molar-refractivity contribution < 1.29 is 23.4 Å². The van der Waals surface area contributed by atoms with Crippen LogP contribution < -0.4 is 0 Å². The van der Waals surface area contributed by atoms with Gasteiger partial charge in [-0.05, 0) is 19.1 Å². The minimum absolute atomic E-state index is 0.0560. The second kappa shape index (κ2) is 5.93. The lowest BCUT2D eigenvalue weighted by Crippen LogP contribution is -2.17. The molecule has 3 nitrogen and oxygen atoms in total. The first-order valence-corrected chi connectivity index (χ1v) is 5.27. The van der Waals surface area contributed by atoms with Gasteiger partial charge in [0.15, 0.2) is 6.10 Å². The van der Waals surface area contributed by atoms with E-state index < -0.39 is 24.1 Å². The number of rotatable bonds is 4. The first kappa shape index (κ1) is 13.9. The lowest BCUT2D eigenvalue weighted by atomic mass is 10.0. The fourth-order valence-electron chi connectivity index (χ4n) is 1.33. The molecule has 6 heteroatoms. The number of benzene rings is 1. The molecule has 1 unspecified atom stereocenters. The third kappa shape index (κ3) is 3.38. The molecule has 0 bridgehead atoms. The zero-order valence-electron chi connectivity index (χ0n) is 8.99. The standard InChI is InChI=1S/C11H11ClF2O3/c1-2-17-11(16)9(15)8-5-6(12)3-4-7(8)10(13)14/h3-5,9-10,15H,2H2,1H3. The lowest BCUT2D eigenvalue weighted by molar-refractivity contribution is -0.153. The summed E-state index contributed by atoms with van der Waals surface area (Å²) in [5.74, 6) is -0.975. The monoisotopic (exact) mass is 264 g/mol. The van der Waals surface area contributed by atoms with Gasteiger partial charge in [0.25, 0.3) is 6.43 Å². The number of esters is 1. The predicted molar refractivity (Wildman–Crippen MR) is 58.0 cm³/mol. The minimum Gasteiger partial charge on any atom is -0.464 e. The minimum atomic E-state index is -2.80. The molecule has 1 N–H and O–H groups in total. The molecule has 0 saturated heterocycles. The Balaban J connectivity index is 3.10. The van der Waals surface area contributed by atoms with Gasteiger partial charge in [0, 0.05) is 16.1 Å². The Hall–Kier alpha value is -1.20. The van der Waals surface area contributed by atoms with Crippen LogP contribution in [0.5, 0.6) is 0 Å². The molecule has 0 aliphatic rings. The number of hydrogen-bond donors (Lipinski definition) is 1. The molecule has 0 radical (unpaired) electrons. The van der Waals surface area contributed by atoms with E-state index in [2.05, 4.69) is 4.74 Å². The SMILES string of the molecule is CCOC(=O)C(O)c1cc(Cl)ccc1C(F)F. The maximum Gasteiger partial charge on any atom is 0.339 e. The van der Waals surface area contributed by atoms with E-state index in [4.69, 9.17) is 11.6 Å². The summed E-state index contributed by atoms with van der Waals surface area (Å²) >= 11 is 5.64. The van der Waals surface area contributed by atoms with Crippen LogP contribution in [0.1, 0.15) is 30.6 Å². The molecule has 94 valence electrons. The molecule has 0 spiro atoms. The van der Waals surface area contributed by atoms with Gasteiger partial charge in [0.2, 0.25) is 0 Å². The normalized spacial score (nSPS) is 12.6. The summed E-state index contributed by atoms with van der Waals surface area (Å²) in [7, 11) is 0. The Kier molecular flexibility index (Phi) is 4.84. The van der Waals surface area contributed by atoms with Crippen LogP contribution in [-0.4, -0.2) is 17.7 Å². The number of ether oxygens (including phenoxy) is 1. The molecular weight excluding hydrogens is 254 g/mol. The molecule has 0 aliphatic heterocycles. The van der Waals surface area contributed by atoms with Crippen LogP contribution >= 0.6 is 11.6 Å². The summed E-state index contributed by atoms with van der Waals surface area (Å²) in [5.41, 5.74) is -0.666. The van der Waals surface area contributed by atoms with Crippen LogP contribution in [0, 0.1) is 0 Å². The van der Waals surface area contributed by atoms with Crippen molar-refractivity contribution in [2.24, 2.45) is 0 Å². The Morgan fingerprint density at radius 1 is 1.47 bits per heavy atom. The van der Waals surface area contributed by atoms with Gasteiger partial charge in [-0.15, -0.1) is 0 Å². The maximum absolute atomic E-state index is 12.7. The van der Waals surface area contributed by atoms with Gasteiger partial charge in [-0.3, -0.25) is 0 Å². The number of carbonyl (C=O) groups excluding carboxylic acids is 1. The highest BCUT2D eigenvalue weighted by Crippen LogP contribution is 2.30. The van der Waals surface area contributed by atoms with Gasteiger partial charge in [0.1, 0.15) is 0 Å². The van der Waals surface area contributed by atoms with Crippen molar-refractivity contribution in [2.75, 3.05) is 6.61 Å². The van der Waals surface area contributed by atoms with E-state index in [1.165, 1.54) is 6.07 Å². The van der Waals surface area contributed by atoms with Crippen LogP contribution in [0.25, 0.3) is 0 Å². The number of carbonyl (C=O) groups is 1. The zero-order chi connectivity index (χ0) is 13.0. The Bertz CT molecular complexity index is 410. The van der Waals surface area contributed by atoms with E-state index in [-0.39, 0.29) is 17.2 Å². The molecular formula is C11H11ClF2O3. The van der Waals surface area contributed by atoms with Crippen LogP contribution in [-0.2, 0) is 9.53 Å². The molecule has 0 saturated carbocycles. The topological polar surface area (TPSA) is 46.5 Å². The predicted octanol–water partition coefficient (Wildman–Crippen LogP) is 2.87. The lowest BCUT2D eigenvalue weighted by Gasteiger charge is -2.14. The van der Waals surface area contributed by atoms with Gasteiger partial charge in [-0.2, -0.15) is 0 Å². The maximum atomic E-state index is 12.7. The summed E-state index contributed by atoms with van der Waals surface area (Å²) in [4.78, 5) is 11.3. The second-order valence-corrected chi connectivity index (χ2v) is 3.66. The fourth-order valence-corrected chi connectivity index (χ4v) is 1.51. The fraction of sp³-hybridized carbons (Fsp3) is 0.364. The average molecular weight is 265 g/mol. The van der Waals surface area contributed by atoms with E-state index in [1.54, 1.807) is 6.92 Å². The number of alkyl halides is 2. The second-order valence-electron chi connectivity index (χ2n) is 3.23. The van der Waals surface area contributed by atoms with Crippen molar-refractivity contribution >= 4 is 17.6 Å². The Morgan fingerprint density at radius 3 is 2.65 bits per heavy atom. The molecule has 1 atom stereocenters. The Labute approximate surface area is 102 Å². The number of hydrogen-bond acceptors (Lipinski definition) is 3. The van der Waals surface area contributed by atoms with Crippen LogP contribution in [0.15, 0.2) is 18.2 Å². The molecule has 1 rings (SSSR count). The van der Waals surface area contributed by atoms with Gasteiger partial charge >= 0.3 is 5.97 Å². The van der Waals surface area contributed by atoms with E-state index in [0.29, 0.717) is 0 Å². The molecule has 0 amide bonds. The van der Waals surface area contributed by atoms with Crippen LogP contribution in [0.2, 0.25) is 5.02 Å². The summed E-state index contributed by atoms with van der Waals surface area (Å²) in [6.45, 7) is 1.61. The van der Waals surface area contributed by atoms with Crippen molar-refractivity contribution in [2.45, 2.75) is 19.5 Å². The van der Waals surface area contributed by atoms with Crippen molar-refractivity contribution in [3.8, 4) is 0 Å². The average Bonchev–Trinajstić information content (AvgIpc) is 2.27. The number of halogens is 3. The van der Waals surface area contributed by atoms with Crippen molar-refractivity contribution in [3.05, 3.63) is 34.3 Å². The quantitative estimate of drug-likeness (QED) is 0.851. The highest BCUT2D eigenvalue weighted by molar-refractivity contribution is 6.30. The molecule has 0 aliphatic carbocycles. The van der Waals surface area contributed by atoms with Gasteiger partial charge < -0.3 is 9.84 Å². The van der Waals surface area contributed by atoms with Gasteiger partial charge in [-0.1, -0.05) is 17.7 Å². The van der Waals surface area contributed by atoms with Gasteiger partial charge in [0.05, 0.1) is 6.61 Å².